The van der Waals surface area contributed by atoms with Crippen LogP contribution in [0.3, 0.4) is 0 Å². The van der Waals surface area contributed by atoms with E-state index in [0.29, 0.717) is 0 Å². The monoisotopic (exact) mass is 251 g/mol. The van der Waals surface area contributed by atoms with Crippen molar-refractivity contribution in [1.29, 1.82) is 0 Å². The van der Waals surface area contributed by atoms with Crippen LogP contribution in [-0.2, 0) is 13.2 Å². The van der Waals surface area contributed by atoms with Gasteiger partial charge in [-0.3, -0.25) is 0 Å². The molecule has 0 aliphatic heterocycles. The summed E-state index contributed by atoms with van der Waals surface area (Å²) in [7, 11) is 0. The second-order valence-corrected chi connectivity index (χ2v) is 4.94. The highest BCUT2D eigenvalue weighted by molar-refractivity contribution is 5.21. The first-order chi connectivity index (χ1) is 8.69. The molecular formula is C15H25NO2. The van der Waals surface area contributed by atoms with Crippen molar-refractivity contribution in [3.8, 4) is 0 Å². The van der Waals surface area contributed by atoms with E-state index in [0.717, 1.165) is 31.5 Å². The Morgan fingerprint density at radius 2 is 1.56 bits per heavy atom. The Labute approximate surface area is 110 Å². The van der Waals surface area contributed by atoms with E-state index < -0.39 is 0 Å². The lowest BCUT2D eigenvalue weighted by Gasteiger charge is -2.29. The van der Waals surface area contributed by atoms with Gasteiger partial charge in [-0.25, -0.2) is 0 Å². The molecule has 102 valence electrons. The van der Waals surface area contributed by atoms with Crippen molar-refractivity contribution in [1.82, 2.24) is 5.32 Å². The summed E-state index contributed by atoms with van der Waals surface area (Å²) in [5.74, 6) is 0. The van der Waals surface area contributed by atoms with Crippen molar-refractivity contribution in [2.24, 2.45) is 5.41 Å². The number of benzene rings is 1. The molecule has 0 saturated heterocycles. The molecule has 0 amide bonds. The van der Waals surface area contributed by atoms with Gasteiger partial charge in [-0.05, 0) is 24.0 Å². The van der Waals surface area contributed by atoms with Gasteiger partial charge in [0.25, 0.3) is 0 Å². The highest BCUT2D eigenvalue weighted by Gasteiger charge is 2.24. The van der Waals surface area contributed by atoms with Crippen LogP contribution in [0.15, 0.2) is 24.3 Å². The smallest absolute Gasteiger partial charge is 0.0681 e. The van der Waals surface area contributed by atoms with Crippen molar-refractivity contribution < 1.29 is 10.2 Å². The topological polar surface area (TPSA) is 52.5 Å². The number of rotatable bonds is 8. The number of hydrogen-bond acceptors (Lipinski definition) is 3. The van der Waals surface area contributed by atoms with Gasteiger partial charge < -0.3 is 15.5 Å². The molecule has 0 atom stereocenters. The number of hydrogen-bond donors (Lipinski definition) is 3. The molecule has 0 unspecified atom stereocenters. The average Bonchev–Trinajstić information content (AvgIpc) is 2.45. The molecule has 1 aromatic rings. The fraction of sp³-hybridized carbons (Fsp3) is 0.600. The Hall–Kier alpha value is -0.900. The predicted octanol–water partition coefficient (Wildman–Crippen LogP) is 2.07. The maximum absolute atomic E-state index is 9.47. The lowest BCUT2D eigenvalue weighted by atomic mass is 9.83. The zero-order chi connectivity index (χ0) is 13.4. The van der Waals surface area contributed by atoms with Crippen LogP contribution in [0.25, 0.3) is 0 Å². The number of aliphatic hydroxyl groups excluding tert-OH is 2. The van der Waals surface area contributed by atoms with Crippen LogP contribution in [0.4, 0.5) is 0 Å². The van der Waals surface area contributed by atoms with E-state index in [-0.39, 0.29) is 18.6 Å². The van der Waals surface area contributed by atoms with Crippen molar-refractivity contribution in [3.05, 3.63) is 35.4 Å². The van der Waals surface area contributed by atoms with Gasteiger partial charge in [0.2, 0.25) is 0 Å². The minimum atomic E-state index is 0.00500. The lowest BCUT2D eigenvalue weighted by molar-refractivity contribution is 0.113. The van der Waals surface area contributed by atoms with E-state index in [1.807, 2.05) is 24.3 Å². The van der Waals surface area contributed by atoms with Crippen LogP contribution >= 0.6 is 0 Å². The van der Waals surface area contributed by atoms with Gasteiger partial charge in [0.1, 0.15) is 0 Å². The van der Waals surface area contributed by atoms with Gasteiger partial charge in [-0.1, -0.05) is 38.1 Å². The molecule has 0 aromatic heterocycles. The van der Waals surface area contributed by atoms with Crippen LogP contribution in [0.1, 0.15) is 37.8 Å². The van der Waals surface area contributed by atoms with Crippen LogP contribution in [0.5, 0.6) is 0 Å². The Morgan fingerprint density at radius 3 is 2.00 bits per heavy atom. The van der Waals surface area contributed by atoms with Crippen molar-refractivity contribution >= 4 is 0 Å². The molecule has 3 nitrogen and oxygen atoms in total. The zero-order valence-electron chi connectivity index (χ0n) is 11.4. The summed E-state index contributed by atoms with van der Waals surface area (Å²) < 4.78 is 0. The Balaban J connectivity index is 2.44. The summed E-state index contributed by atoms with van der Waals surface area (Å²) in [5.41, 5.74) is 2.14. The van der Waals surface area contributed by atoms with Crippen molar-refractivity contribution in [2.45, 2.75) is 39.8 Å². The largest absolute Gasteiger partial charge is 0.396 e. The Kier molecular flexibility index (Phi) is 6.33. The second-order valence-electron chi connectivity index (χ2n) is 4.94. The minimum absolute atomic E-state index is 0.00500. The third kappa shape index (κ3) is 4.09. The summed E-state index contributed by atoms with van der Waals surface area (Å²) >= 11 is 0. The molecule has 0 aliphatic rings. The third-order valence-electron chi connectivity index (χ3n) is 3.87. The highest BCUT2D eigenvalue weighted by atomic mass is 16.3. The van der Waals surface area contributed by atoms with E-state index in [1.165, 1.54) is 5.56 Å². The van der Waals surface area contributed by atoms with E-state index >= 15 is 0 Å². The summed E-state index contributed by atoms with van der Waals surface area (Å²) in [6.07, 6.45) is 1.97. The minimum Gasteiger partial charge on any atom is -0.396 e. The normalized spacial score (nSPS) is 11.8. The molecule has 0 spiro atoms. The molecule has 18 heavy (non-hydrogen) atoms. The van der Waals surface area contributed by atoms with E-state index in [2.05, 4.69) is 19.2 Å². The van der Waals surface area contributed by atoms with Crippen molar-refractivity contribution in [2.75, 3.05) is 13.2 Å². The van der Waals surface area contributed by atoms with Gasteiger partial charge >= 0.3 is 0 Å². The average molecular weight is 251 g/mol. The molecule has 0 bridgehead atoms. The molecule has 0 fully saturated rings. The summed E-state index contributed by atoms with van der Waals surface area (Å²) in [4.78, 5) is 0. The van der Waals surface area contributed by atoms with E-state index in [4.69, 9.17) is 5.11 Å². The quantitative estimate of drug-likeness (QED) is 0.663. The maximum Gasteiger partial charge on any atom is 0.0681 e. The molecule has 3 N–H and O–H groups in total. The first-order valence-corrected chi connectivity index (χ1v) is 6.70. The SMILES string of the molecule is CCC(CC)(CO)CNCc1ccc(CO)cc1. The van der Waals surface area contributed by atoms with Crippen LogP contribution in [0, 0.1) is 5.41 Å². The predicted molar refractivity (Wildman–Crippen MR) is 74.2 cm³/mol. The number of aliphatic hydroxyl groups is 2. The van der Waals surface area contributed by atoms with E-state index in [9.17, 15) is 5.11 Å². The third-order valence-corrected chi connectivity index (χ3v) is 3.87. The Morgan fingerprint density at radius 1 is 1.00 bits per heavy atom. The van der Waals surface area contributed by atoms with Gasteiger partial charge in [-0.15, -0.1) is 0 Å². The molecule has 3 heteroatoms. The fourth-order valence-corrected chi connectivity index (χ4v) is 2.01. The summed E-state index contributed by atoms with van der Waals surface area (Å²) in [6, 6.07) is 7.93. The van der Waals surface area contributed by atoms with Gasteiger partial charge in [0.15, 0.2) is 0 Å². The van der Waals surface area contributed by atoms with E-state index in [1.54, 1.807) is 0 Å². The zero-order valence-corrected chi connectivity index (χ0v) is 11.4. The van der Waals surface area contributed by atoms with Crippen LogP contribution in [-0.4, -0.2) is 23.4 Å². The molecule has 1 aromatic carbocycles. The highest BCUT2D eigenvalue weighted by Crippen LogP contribution is 2.24. The first kappa shape index (κ1) is 15.2. The molecule has 1 rings (SSSR count). The molecule has 0 radical (unpaired) electrons. The van der Waals surface area contributed by atoms with Crippen LogP contribution < -0.4 is 5.32 Å². The molecule has 0 aliphatic carbocycles. The van der Waals surface area contributed by atoms with Gasteiger partial charge in [0.05, 0.1) is 6.61 Å². The van der Waals surface area contributed by atoms with Crippen molar-refractivity contribution in [3.63, 3.8) is 0 Å². The maximum atomic E-state index is 9.47. The Bertz CT molecular complexity index is 323. The first-order valence-electron chi connectivity index (χ1n) is 6.70. The molecule has 0 saturated carbocycles. The summed E-state index contributed by atoms with van der Waals surface area (Å²) in [5, 5.41) is 21.8. The van der Waals surface area contributed by atoms with Gasteiger partial charge in [-0.2, -0.15) is 0 Å². The fourth-order valence-electron chi connectivity index (χ4n) is 2.01. The molecular weight excluding hydrogens is 226 g/mol. The molecule has 0 heterocycles. The van der Waals surface area contributed by atoms with Crippen LogP contribution in [0.2, 0.25) is 0 Å². The lowest BCUT2D eigenvalue weighted by Crippen LogP contribution is -2.36. The number of nitrogens with one attached hydrogen (secondary N) is 1. The van der Waals surface area contributed by atoms with Gasteiger partial charge in [0, 0.05) is 25.1 Å². The standard InChI is InChI=1S/C15H25NO2/c1-3-15(4-2,12-18)11-16-9-13-5-7-14(10-17)8-6-13/h5-8,16-18H,3-4,9-12H2,1-2H3. The second kappa shape index (κ2) is 7.52. The summed E-state index contributed by atoms with van der Waals surface area (Å²) in [6.45, 7) is 6.20.